The van der Waals surface area contributed by atoms with Gasteiger partial charge in [0.2, 0.25) is 0 Å². The minimum atomic E-state index is -4.86. The lowest BCUT2D eigenvalue weighted by atomic mass is 10.1. The predicted octanol–water partition coefficient (Wildman–Crippen LogP) is 3.73. The molecule has 0 aromatic heterocycles. The predicted molar refractivity (Wildman–Crippen MR) is 57.7 cm³/mol. The van der Waals surface area contributed by atoms with Gasteiger partial charge in [0.15, 0.2) is 0 Å². The van der Waals surface area contributed by atoms with Gasteiger partial charge in [0.25, 0.3) is 0 Å². The van der Waals surface area contributed by atoms with Crippen LogP contribution in [0.15, 0.2) is 18.2 Å². The van der Waals surface area contributed by atoms with Crippen molar-refractivity contribution < 1.29 is 32.1 Å². The zero-order chi connectivity index (χ0) is 14.8. The van der Waals surface area contributed by atoms with E-state index in [-0.39, 0.29) is 6.07 Å². The summed E-state index contributed by atoms with van der Waals surface area (Å²) in [7, 11) is 0. The molecule has 0 unspecified atom stereocenters. The summed E-state index contributed by atoms with van der Waals surface area (Å²) in [6, 6.07) is 1.67. The van der Waals surface area contributed by atoms with Crippen LogP contribution < -0.4 is 0 Å². The van der Waals surface area contributed by atoms with Gasteiger partial charge in [-0.2, -0.15) is 18.1 Å². The van der Waals surface area contributed by atoms with Crippen LogP contribution in [0.5, 0.6) is 0 Å². The van der Waals surface area contributed by atoms with Gasteiger partial charge < -0.3 is 0 Å². The third-order valence-corrected chi connectivity index (χ3v) is 1.87. The molecule has 0 heterocycles. The molecule has 0 amide bonds. The second-order valence-electron chi connectivity index (χ2n) is 4.75. The van der Waals surface area contributed by atoms with E-state index < -0.39 is 34.7 Å². The molecule has 0 bridgehead atoms. The lowest BCUT2D eigenvalue weighted by Gasteiger charge is -2.17. The summed E-state index contributed by atoms with van der Waals surface area (Å²) in [5, 5.41) is 0. The summed E-state index contributed by atoms with van der Waals surface area (Å²) in [4.78, 5) is 20.4. The third-order valence-electron chi connectivity index (χ3n) is 1.87. The summed E-state index contributed by atoms with van der Waals surface area (Å²) < 4.78 is 50.8. The summed E-state index contributed by atoms with van der Waals surface area (Å²) in [5.74, 6) is -2.43. The molecule has 1 aromatic rings. The average molecular weight is 280 g/mol. The average Bonchev–Trinajstić information content (AvgIpc) is 2.23. The molecule has 0 atom stereocenters. The van der Waals surface area contributed by atoms with Gasteiger partial charge in [-0.3, -0.25) is 4.89 Å². The zero-order valence-corrected chi connectivity index (χ0v) is 10.5. The van der Waals surface area contributed by atoms with Gasteiger partial charge in [0, 0.05) is 0 Å². The largest absolute Gasteiger partial charge is 0.417 e. The fourth-order valence-corrected chi connectivity index (χ4v) is 1.14. The maximum atomic E-state index is 12.8. The first kappa shape index (κ1) is 15.4. The fourth-order valence-electron chi connectivity index (χ4n) is 1.14. The Kier molecular flexibility index (Phi) is 4.19. The van der Waals surface area contributed by atoms with Gasteiger partial charge in [-0.15, -0.1) is 0 Å². The number of hydrogen-bond acceptors (Lipinski definition) is 3. The van der Waals surface area contributed by atoms with Crippen molar-refractivity contribution in [3.8, 4) is 0 Å². The summed E-state index contributed by atoms with van der Waals surface area (Å²) >= 11 is 0. The van der Waals surface area contributed by atoms with Gasteiger partial charge in [0.05, 0.1) is 11.1 Å². The summed E-state index contributed by atoms with van der Waals surface area (Å²) in [6.45, 7) is 4.65. The first-order valence-electron chi connectivity index (χ1n) is 5.27. The molecular formula is C12H12F4O3. The van der Waals surface area contributed by atoms with Crippen LogP contribution in [0.25, 0.3) is 0 Å². The Morgan fingerprint density at radius 1 is 1.16 bits per heavy atom. The molecule has 0 fully saturated rings. The van der Waals surface area contributed by atoms with Gasteiger partial charge in [-0.05, 0) is 39.0 Å². The van der Waals surface area contributed by atoms with E-state index in [1.165, 1.54) is 0 Å². The number of hydrogen-bond donors (Lipinski definition) is 0. The van der Waals surface area contributed by atoms with Gasteiger partial charge in [-0.1, -0.05) is 0 Å². The van der Waals surface area contributed by atoms with Crippen LogP contribution in [-0.4, -0.2) is 11.6 Å². The minimum absolute atomic E-state index is 0.230. The molecule has 0 radical (unpaired) electrons. The fraction of sp³-hybridized carbons (Fsp3) is 0.417. The molecule has 106 valence electrons. The van der Waals surface area contributed by atoms with Crippen LogP contribution in [-0.2, 0) is 16.0 Å². The Labute approximate surface area is 107 Å². The topological polar surface area (TPSA) is 35.5 Å². The number of carbonyl (C=O) groups is 1. The van der Waals surface area contributed by atoms with Crippen molar-refractivity contribution in [3.63, 3.8) is 0 Å². The Balaban J connectivity index is 3.03. The van der Waals surface area contributed by atoms with E-state index in [0.717, 1.165) is 6.07 Å². The van der Waals surface area contributed by atoms with E-state index in [2.05, 4.69) is 9.78 Å². The highest BCUT2D eigenvalue weighted by Crippen LogP contribution is 2.33. The van der Waals surface area contributed by atoms with Crippen LogP contribution in [0.2, 0.25) is 0 Å². The smallest absolute Gasteiger partial charge is 0.292 e. The first-order valence-corrected chi connectivity index (χ1v) is 5.27. The van der Waals surface area contributed by atoms with Crippen molar-refractivity contribution in [1.29, 1.82) is 0 Å². The molecule has 7 heteroatoms. The molecule has 1 aromatic carbocycles. The van der Waals surface area contributed by atoms with Gasteiger partial charge >= 0.3 is 12.1 Å². The molecule has 0 aliphatic heterocycles. The number of alkyl halides is 3. The van der Waals surface area contributed by atoms with E-state index in [1.807, 2.05) is 0 Å². The van der Waals surface area contributed by atoms with E-state index in [0.29, 0.717) is 6.07 Å². The molecule has 0 spiro atoms. The SMILES string of the molecule is CC(C)(C)OOC(=O)c1ccc(F)cc1C(F)(F)F. The lowest BCUT2D eigenvalue weighted by molar-refractivity contribution is -0.301. The van der Waals surface area contributed by atoms with E-state index in [1.54, 1.807) is 20.8 Å². The summed E-state index contributed by atoms with van der Waals surface area (Å²) in [5.41, 5.74) is -3.08. The minimum Gasteiger partial charge on any atom is -0.292 e. The highest BCUT2D eigenvalue weighted by atomic mass is 19.4. The first-order chi connectivity index (χ1) is 8.50. The Hall–Kier alpha value is -1.63. The molecule has 0 aliphatic rings. The van der Waals surface area contributed by atoms with Crippen LogP contribution in [0, 0.1) is 5.82 Å². The Bertz CT molecular complexity index is 475. The zero-order valence-electron chi connectivity index (χ0n) is 10.5. The molecule has 0 saturated heterocycles. The van der Waals surface area contributed by atoms with Crippen molar-refractivity contribution in [3.05, 3.63) is 35.1 Å². The molecular weight excluding hydrogens is 268 g/mol. The second kappa shape index (κ2) is 5.16. The number of carbonyl (C=O) groups excluding carboxylic acids is 1. The van der Waals surface area contributed by atoms with E-state index in [9.17, 15) is 22.4 Å². The number of benzene rings is 1. The van der Waals surface area contributed by atoms with E-state index >= 15 is 0 Å². The highest BCUT2D eigenvalue weighted by molar-refractivity contribution is 5.90. The molecule has 19 heavy (non-hydrogen) atoms. The monoisotopic (exact) mass is 280 g/mol. The van der Waals surface area contributed by atoms with Gasteiger partial charge in [-0.25, -0.2) is 9.18 Å². The number of rotatable bonds is 2. The lowest BCUT2D eigenvalue weighted by Crippen LogP contribution is -2.23. The molecule has 3 nitrogen and oxygen atoms in total. The van der Waals surface area contributed by atoms with E-state index in [4.69, 9.17) is 0 Å². The van der Waals surface area contributed by atoms with Crippen molar-refractivity contribution in [2.24, 2.45) is 0 Å². The molecule has 0 aliphatic carbocycles. The van der Waals surface area contributed by atoms with Crippen LogP contribution >= 0.6 is 0 Å². The third kappa shape index (κ3) is 4.51. The van der Waals surface area contributed by atoms with Crippen LogP contribution in [0.4, 0.5) is 17.6 Å². The Morgan fingerprint density at radius 2 is 1.74 bits per heavy atom. The van der Waals surface area contributed by atoms with Crippen LogP contribution in [0.1, 0.15) is 36.7 Å². The quantitative estimate of drug-likeness (QED) is 0.470. The van der Waals surface area contributed by atoms with Crippen molar-refractivity contribution in [1.82, 2.24) is 0 Å². The highest BCUT2D eigenvalue weighted by Gasteiger charge is 2.36. The summed E-state index contributed by atoms with van der Waals surface area (Å²) in [6.07, 6.45) is -4.86. The standard InChI is InChI=1S/C12H12F4O3/c1-11(2,3)19-18-10(17)8-5-4-7(13)6-9(8)12(14,15)16/h4-6H,1-3H3. The Morgan fingerprint density at radius 3 is 2.21 bits per heavy atom. The molecule has 0 N–H and O–H groups in total. The molecule has 0 saturated carbocycles. The molecule has 1 rings (SSSR count). The normalized spacial score (nSPS) is 12.4. The van der Waals surface area contributed by atoms with Crippen molar-refractivity contribution in [2.75, 3.05) is 0 Å². The number of halogens is 4. The van der Waals surface area contributed by atoms with Crippen molar-refractivity contribution in [2.45, 2.75) is 32.5 Å². The van der Waals surface area contributed by atoms with Gasteiger partial charge in [0.1, 0.15) is 11.4 Å². The van der Waals surface area contributed by atoms with Crippen molar-refractivity contribution >= 4 is 5.97 Å². The van der Waals surface area contributed by atoms with Crippen LogP contribution in [0.3, 0.4) is 0 Å². The maximum Gasteiger partial charge on any atom is 0.417 e. The second-order valence-corrected chi connectivity index (χ2v) is 4.75. The maximum absolute atomic E-state index is 12.8.